The van der Waals surface area contributed by atoms with E-state index in [2.05, 4.69) is 21.3 Å². The number of aromatic nitrogens is 1. The Bertz CT molecular complexity index is 400. The molecule has 0 radical (unpaired) electrons. The minimum absolute atomic E-state index is 0.459. The van der Waals surface area contributed by atoms with E-state index in [4.69, 9.17) is 11.6 Å². The molecule has 1 saturated carbocycles. The molecule has 1 N–H and O–H groups in total. The van der Waals surface area contributed by atoms with Crippen molar-refractivity contribution in [3.8, 4) is 0 Å². The summed E-state index contributed by atoms with van der Waals surface area (Å²) in [4.78, 5) is 6.81. The van der Waals surface area contributed by atoms with Crippen LogP contribution in [0.5, 0.6) is 0 Å². The number of rotatable bonds is 4. The van der Waals surface area contributed by atoms with Crippen molar-refractivity contribution in [2.75, 3.05) is 26.2 Å². The Balaban J connectivity index is 1.81. The van der Waals surface area contributed by atoms with E-state index in [0.717, 1.165) is 32.1 Å². The molecule has 98 valence electrons. The second-order valence-corrected chi connectivity index (χ2v) is 5.72. The zero-order valence-electron chi connectivity index (χ0n) is 10.6. The number of nitrogens with one attached hydrogen (secondary N) is 1. The van der Waals surface area contributed by atoms with Gasteiger partial charge in [-0.05, 0) is 18.4 Å². The van der Waals surface area contributed by atoms with Gasteiger partial charge in [0.2, 0.25) is 0 Å². The first-order valence-corrected chi connectivity index (χ1v) is 7.27. The Morgan fingerprint density at radius 2 is 2.17 bits per heavy atom. The fraction of sp³-hybridized carbons (Fsp3) is 0.643. The van der Waals surface area contributed by atoms with Gasteiger partial charge in [0.1, 0.15) is 5.15 Å². The van der Waals surface area contributed by atoms with Gasteiger partial charge in [-0.15, -0.1) is 0 Å². The SMILES string of the molecule is Clc1ncccc1[C@@H](CC1CC1)N1CCNCC1. The average molecular weight is 266 g/mol. The van der Waals surface area contributed by atoms with Crippen LogP contribution in [0, 0.1) is 5.92 Å². The van der Waals surface area contributed by atoms with E-state index < -0.39 is 0 Å². The number of hydrogen-bond acceptors (Lipinski definition) is 3. The van der Waals surface area contributed by atoms with Crippen molar-refractivity contribution in [2.45, 2.75) is 25.3 Å². The maximum absolute atomic E-state index is 6.29. The van der Waals surface area contributed by atoms with Crippen LogP contribution in [0.3, 0.4) is 0 Å². The van der Waals surface area contributed by atoms with E-state index in [-0.39, 0.29) is 0 Å². The van der Waals surface area contributed by atoms with Crippen LogP contribution in [-0.2, 0) is 0 Å². The highest BCUT2D eigenvalue weighted by Gasteiger charge is 2.31. The van der Waals surface area contributed by atoms with Crippen LogP contribution in [0.1, 0.15) is 30.9 Å². The molecule has 4 heteroatoms. The highest BCUT2D eigenvalue weighted by molar-refractivity contribution is 6.30. The lowest BCUT2D eigenvalue weighted by Gasteiger charge is -2.35. The van der Waals surface area contributed by atoms with Crippen LogP contribution in [-0.4, -0.2) is 36.1 Å². The molecular weight excluding hydrogens is 246 g/mol. The Kier molecular flexibility index (Phi) is 3.83. The van der Waals surface area contributed by atoms with Gasteiger partial charge < -0.3 is 5.32 Å². The summed E-state index contributed by atoms with van der Waals surface area (Å²) >= 11 is 6.29. The molecule has 2 aliphatic rings. The second-order valence-electron chi connectivity index (χ2n) is 5.36. The Hall–Kier alpha value is -0.640. The molecule has 2 fully saturated rings. The third-order valence-electron chi connectivity index (χ3n) is 3.99. The molecule has 1 aromatic rings. The topological polar surface area (TPSA) is 28.2 Å². The van der Waals surface area contributed by atoms with Crippen LogP contribution >= 0.6 is 11.6 Å². The maximum Gasteiger partial charge on any atom is 0.133 e. The third kappa shape index (κ3) is 2.85. The van der Waals surface area contributed by atoms with E-state index in [1.54, 1.807) is 6.20 Å². The minimum Gasteiger partial charge on any atom is -0.314 e. The standard InChI is InChI=1S/C14H20ClN3/c15-14-12(2-1-5-17-14)13(10-11-3-4-11)18-8-6-16-7-9-18/h1-2,5,11,13,16H,3-4,6-10H2/t13-/m1/s1. The predicted octanol–water partition coefficient (Wildman–Crippen LogP) is 2.48. The Morgan fingerprint density at radius 1 is 1.39 bits per heavy atom. The number of piperazine rings is 1. The first-order valence-electron chi connectivity index (χ1n) is 6.90. The number of nitrogens with zero attached hydrogens (tertiary/aromatic N) is 2. The van der Waals surface area contributed by atoms with Crippen molar-refractivity contribution in [1.29, 1.82) is 0 Å². The summed E-state index contributed by atoms with van der Waals surface area (Å²) in [6.45, 7) is 4.39. The van der Waals surface area contributed by atoms with Gasteiger partial charge in [0.25, 0.3) is 0 Å². The number of hydrogen-bond donors (Lipinski definition) is 1. The summed E-state index contributed by atoms with van der Waals surface area (Å²) in [5.74, 6) is 0.904. The first kappa shape index (κ1) is 12.4. The van der Waals surface area contributed by atoms with Crippen LogP contribution in [0.25, 0.3) is 0 Å². The zero-order valence-corrected chi connectivity index (χ0v) is 11.4. The molecule has 0 spiro atoms. The molecule has 1 aromatic heterocycles. The molecule has 1 saturated heterocycles. The van der Waals surface area contributed by atoms with Crippen molar-refractivity contribution < 1.29 is 0 Å². The summed E-state index contributed by atoms with van der Waals surface area (Å²) in [6.07, 6.45) is 5.80. The fourth-order valence-corrected chi connectivity index (χ4v) is 3.03. The van der Waals surface area contributed by atoms with Gasteiger partial charge in [0.05, 0.1) is 0 Å². The van der Waals surface area contributed by atoms with E-state index in [0.29, 0.717) is 11.2 Å². The number of pyridine rings is 1. The molecule has 0 unspecified atom stereocenters. The molecule has 1 aliphatic heterocycles. The average Bonchev–Trinajstić information content (AvgIpc) is 3.22. The monoisotopic (exact) mass is 265 g/mol. The van der Waals surface area contributed by atoms with E-state index in [9.17, 15) is 0 Å². The van der Waals surface area contributed by atoms with Crippen molar-refractivity contribution in [3.63, 3.8) is 0 Å². The normalized spacial score (nSPS) is 22.9. The highest BCUT2D eigenvalue weighted by atomic mass is 35.5. The first-order chi connectivity index (χ1) is 8.84. The van der Waals surface area contributed by atoms with Crippen molar-refractivity contribution in [1.82, 2.24) is 15.2 Å². The maximum atomic E-state index is 6.29. The van der Waals surface area contributed by atoms with Gasteiger partial charge >= 0.3 is 0 Å². The van der Waals surface area contributed by atoms with Gasteiger partial charge in [-0.3, -0.25) is 4.90 Å². The zero-order chi connectivity index (χ0) is 12.4. The number of halogens is 1. The van der Waals surface area contributed by atoms with Crippen molar-refractivity contribution in [3.05, 3.63) is 29.0 Å². The van der Waals surface area contributed by atoms with Crippen LogP contribution in [0.4, 0.5) is 0 Å². The van der Waals surface area contributed by atoms with Crippen molar-refractivity contribution >= 4 is 11.6 Å². The lowest BCUT2D eigenvalue weighted by Crippen LogP contribution is -2.45. The highest BCUT2D eigenvalue weighted by Crippen LogP contribution is 2.41. The molecule has 3 rings (SSSR count). The molecule has 2 heterocycles. The molecule has 18 heavy (non-hydrogen) atoms. The van der Waals surface area contributed by atoms with Gasteiger partial charge in [-0.25, -0.2) is 4.98 Å². The summed E-state index contributed by atoms with van der Waals surface area (Å²) in [6, 6.07) is 4.61. The van der Waals surface area contributed by atoms with Crippen molar-refractivity contribution in [2.24, 2.45) is 5.92 Å². The van der Waals surface area contributed by atoms with Gasteiger partial charge in [0, 0.05) is 44.0 Å². The van der Waals surface area contributed by atoms with Gasteiger partial charge in [-0.1, -0.05) is 30.5 Å². The van der Waals surface area contributed by atoms with E-state index in [1.807, 2.05) is 6.07 Å². The summed E-state index contributed by atoms with van der Waals surface area (Å²) < 4.78 is 0. The Labute approximate surface area is 114 Å². The molecule has 1 atom stereocenters. The van der Waals surface area contributed by atoms with Crippen LogP contribution in [0.2, 0.25) is 5.15 Å². The predicted molar refractivity (Wildman–Crippen MR) is 73.8 cm³/mol. The van der Waals surface area contributed by atoms with E-state index in [1.165, 1.54) is 24.8 Å². The van der Waals surface area contributed by atoms with Gasteiger partial charge in [-0.2, -0.15) is 0 Å². The molecule has 1 aliphatic carbocycles. The van der Waals surface area contributed by atoms with Crippen LogP contribution in [0.15, 0.2) is 18.3 Å². The van der Waals surface area contributed by atoms with E-state index >= 15 is 0 Å². The summed E-state index contributed by atoms with van der Waals surface area (Å²) in [5, 5.41) is 4.10. The molecule has 3 nitrogen and oxygen atoms in total. The fourth-order valence-electron chi connectivity index (χ4n) is 2.78. The molecule has 0 bridgehead atoms. The van der Waals surface area contributed by atoms with Crippen LogP contribution < -0.4 is 5.32 Å². The molecule has 0 aromatic carbocycles. The van der Waals surface area contributed by atoms with Gasteiger partial charge in [0.15, 0.2) is 0 Å². The Morgan fingerprint density at radius 3 is 2.83 bits per heavy atom. The third-order valence-corrected chi connectivity index (χ3v) is 4.31. The minimum atomic E-state index is 0.459. The summed E-state index contributed by atoms with van der Waals surface area (Å²) in [7, 11) is 0. The summed E-state index contributed by atoms with van der Waals surface area (Å²) in [5.41, 5.74) is 1.22. The second kappa shape index (κ2) is 5.55. The quantitative estimate of drug-likeness (QED) is 0.848. The lowest BCUT2D eigenvalue weighted by molar-refractivity contribution is 0.160. The lowest BCUT2D eigenvalue weighted by atomic mass is 10.0. The smallest absolute Gasteiger partial charge is 0.133 e. The molecule has 0 amide bonds. The largest absolute Gasteiger partial charge is 0.314 e. The molecular formula is C14H20ClN3.